The molecule has 7 nitrogen and oxygen atoms in total. The van der Waals surface area contributed by atoms with Gasteiger partial charge in [0.1, 0.15) is 11.7 Å². The Balaban J connectivity index is 0.00000351. The van der Waals surface area contributed by atoms with Crippen molar-refractivity contribution < 1.29 is 25.8 Å². The molecule has 0 spiro atoms. The number of aromatic nitrogens is 4. The van der Waals surface area contributed by atoms with Gasteiger partial charge in [-0.2, -0.15) is 30.6 Å². The third kappa shape index (κ3) is 5.55. The molecule has 47 heavy (non-hydrogen) atoms. The average Bonchev–Trinajstić information content (AvgIpc) is 3.59. The van der Waals surface area contributed by atoms with Gasteiger partial charge in [-0.15, -0.1) is 17.5 Å². The van der Waals surface area contributed by atoms with Crippen molar-refractivity contribution in [2.45, 2.75) is 26.2 Å². The van der Waals surface area contributed by atoms with Gasteiger partial charge in [0.15, 0.2) is 0 Å². The fourth-order valence-corrected chi connectivity index (χ4v) is 6.02. The standard InChI is InChI=1S/C39H31N6O.Pt/c1-39(2,3)27-17-19-41-37(20-27)45-33-12-6-5-11-30(33)31-16-15-29(23-36(31)45)46-38-22-28(21-32(42-38)26-10-9-18-40-24-26)44-25-43(4)34-13-7-8-14-35(34)44;/h5-21,24-25H,1-4H3;/q-3;. The Bertz CT molecular complexity index is 2240. The molecule has 0 radical (unpaired) electrons. The summed E-state index contributed by atoms with van der Waals surface area (Å²) in [7, 11) is 2.04. The number of anilines is 3. The zero-order valence-corrected chi connectivity index (χ0v) is 28.6. The summed E-state index contributed by atoms with van der Waals surface area (Å²) in [6.45, 7) is 8.68. The van der Waals surface area contributed by atoms with Crippen molar-refractivity contribution in [1.29, 1.82) is 0 Å². The predicted octanol–water partition coefficient (Wildman–Crippen LogP) is 9.03. The van der Waals surface area contributed by atoms with Gasteiger partial charge < -0.3 is 19.1 Å². The van der Waals surface area contributed by atoms with Gasteiger partial charge >= 0.3 is 0 Å². The molecule has 0 N–H and O–H groups in total. The number of para-hydroxylation sites is 3. The van der Waals surface area contributed by atoms with Gasteiger partial charge in [0.2, 0.25) is 0 Å². The molecule has 1 aliphatic rings. The molecule has 0 atom stereocenters. The fourth-order valence-electron chi connectivity index (χ4n) is 6.02. The van der Waals surface area contributed by atoms with E-state index in [1.54, 1.807) is 12.4 Å². The summed E-state index contributed by atoms with van der Waals surface area (Å²) < 4.78 is 8.66. The number of pyridine rings is 3. The van der Waals surface area contributed by atoms with Crippen molar-refractivity contribution in [3.63, 3.8) is 0 Å². The maximum Gasteiger partial charge on any atom is 0.135 e. The summed E-state index contributed by atoms with van der Waals surface area (Å²) in [6.07, 6.45) is 5.44. The molecular formula is C39H31N6OPt-3. The summed E-state index contributed by atoms with van der Waals surface area (Å²) >= 11 is 0. The fraction of sp³-hybridized carbons (Fsp3) is 0.128. The van der Waals surface area contributed by atoms with E-state index in [0.29, 0.717) is 11.6 Å². The van der Waals surface area contributed by atoms with Crippen molar-refractivity contribution in [1.82, 2.24) is 19.5 Å². The molecule has 4 aromatic heterocycles. The first-order valence-corrected chi connectivity index (χ1v) is 15.2. The summed E-state index contributed by atoms with van der Waals surface area (Å²) in [5.41, 5.74) is 7.70. The number of fused-ring (bicyclic) bond motifs is 4. The SMILES string of the molecule is CN1[CH-]N(c2[c-]c(Oc3[c-]c4c(cc3)c3ccccc3n4-c3cc(C(C)(C)C)ccn3)nc(-c3cccnc3)c2)c2ccccc21.[Pt]. The van der Waals surface area contributed by atoms with Crippen LogP contribution in [0, 0.1) is 18.8 Å². The van der Waals surface area contributed by atoms with Crippen LogP contribution in [0.2, 0.25) is 0 Å². The molecule has 0 bridgehead atoms. The van der Waals surface area contributed by atoms with Gasteiger partial charge in [-0.25, -0.2) is 4.98 Å². The van der Waals surface area contributed by atoms with Crippen LogP contribution in [0.1, 0.15) is 26.3 Å². The van der Waals surface area contributed by atoms with E-state index >= 15 is 0 Å². The van der Waals surface area contributed by atoms with E-state index in [2.05, 4.69) is 107 Å². The molecule has 7 aromatic rings. The molecule has 3 aromatic carbocycles. The molecule has 236 valence electrons. The number of hydrogen-bond acceptors (Lipinski definition) is 6. The Hall–Kier alpha value is -5.00. The Morgan fingerprint density at radius 2 is 1.62 bits per heavy atom. The largest absolute Gasteiger partial charge is 0.504 e. The normalized spacial score (nSPS) is 12.8. The van der Waals surface area contributed by atoms with Crippen molar-refractivity contribution in [2.24, 2.45) is 0 Å². The minimum Gasteiger partial charge on any atom is -0.504 e. The van der Waals surface area contributed by atoms with Crippen LogP contribution in [0.4, 0.5) is 17.1 Å². The zero-order chi connectivity index (χ0) is 31.4. The Morgan fingerprint density at radius 3 is 2.43 bits per heavy atom. The zero-order valence-electron chi connectivity index (χ0n) is 26.4. The van der Waals surface area contributed by atoms with Crippen LogP contribution in [0.3, 0.4) is 0 Å². The Labute approximate surface area is 288 Å². The van der Waals surface area contributed by atoms with Crippen LogP contribution in [0.5, 0.6) is 11.6 Å². The molecule has 0 fully saturated rings. The monoisotopic (exact) mass is 794 g/mol. The molecule has 8 rings (SSSR count). The van der Waals surface area contributed by atoms with Crippen molar-refractivity contribution in [2.75, 3.05) is 16.8 Å². The van der Waals surface area contributed by atoms with E-state index in [-0.39, 0.29) is 26.5 Å². The van der Waals surface area contributed by atoms with E-state index in [0.717, 1.165) is 55.9 Å². The molecule has 0 saturated carbocycles. The van der Waals surface area contributed by atoms with Crippen LogP contribution in [-0.2, 0) is 26.5 Å². The Kier molecular flexibility index (Phi) is 7.81. The van der Waals surface area contributed by atoms with E-state index in [1.807, 2.05) is 56.3 Å². The maximum atomic E-state index is 6.50. The van der Waals surface area contributed by atoms with Crippen LogP contribution in [0.15, 0.2) is 110 Å². The molecular weight excluding hydrogens is 764 g/mol. The second-order valence-electron chi connectivity index (χ2n) is 12.5. The first-order chi connectivity index (χ1) is 22.3. The van der Waals surface area contributed by atoms with Crippen LogP contribution in [0.25, 0.3) is 38.9 Å². The minimum atomic E-state index is -0.0188. The number of hydrogen-bond donors (Lipinski definition) is 0. The van der Waals surface area contributed by atoms with Crippen LogP contribution >= 0.6 is 0 Å². The predicted molar refractivity (Wildman–Crippen MR) is 184 cm³/mol. The van der Waals surface area contributed by atoms with Gasteiger partial charge in [-0.1, -0.05) is 62.7 Å². The molecule has 0 aliphatic carbocycles. The van der Waals surface area contributed by atoms with Gasteiger partial charge in [0, 0.05) is 67.9 Å². The number of nitrogens with zero attached hydrogens (tertiary/aromatic N) is 6. The van der Waals surface area contributed by atoms with Crippen LogP contribution in [-0.4, -0.2) is 26.6 Å². The first kappa shape index (κ1) is 30.6. The molecule has 5 heterocycles. The summed E-state index contributed by atoms with van der Waals surface area (Å²) in [5.74, 6) is 1.71. The average molecular weight is 795 g/mol. The van der Waals surface area contributed by atoms with E-state index in [4.69, 9.17) is 14.7 Å². The van der Waals surface area contributed by atoms with Crippen LogP contribution < -0.4 is 14.5 Å². The van der Waals surface area contributed by atoms with Crippen molar-refractivity contribution in [3.8, 4) is 28.7 Å². The minimum absolute atomic E-state index is 0. The molecule has 1 aliphatic heterocycles. The third-order valence-corrected chi connectivity index (χ3v) is 8.36. The van der Waals surface area contributed by atoms with E-state index in [9.17, 15) is 0 Å². The third-order valence-electron chi connectivity index (χ3n) is 8.36. The van der Waals surface area contributed by atoms with E-state index < -0.39 is 0 Å². The van der Waals surface area contributed by atoms with Crippen molar-refractivity contribution in [3.05, 3.63) is 134 Å². The molecule has 0 amide bonds. The summed E-state index contributed by atoms with van der Waals surface area (Å²) in [5, 5.41) is 2.19. The summed E-state index contributed by atoms with van der Waals surface area (Å²) in [4.78, 5) is 18.2. The van der Waals surface area contributed by atoms with Gasteiger partial charge in [0.05, 0.1) is 0 Å². The molecule has 0 unspecified atom stereocenters. The molecule has 0 saturated heterocycles. The second-order valence-corrected chi connectivity index (χ2v) is 12.5. The number of benzene rings is 3. The smallest absolute Gasteiger partial charge is 0.135 e. The molecule has 8 heteroatoms. The quantitative estimate of drug-likeness (QED) is 0.162. The topological polar surface area (TPSA) is 59.3 Å². The first-order valence-electron chi connectivity index (χ1n) is 15.2. The van der Waals surface area contributed by atoms with E-state index in [1.165, 1.54) is 5.56 Å². The van der Waals surface area contributed by atoms with Gasteiger partial charge in [-0.3, -0.25) is 9.97 Å². The van der Waals surface area contributed by atoms with Crippen molar-refractivity contribution >= 4 is 38.9 Å². The Morgan fingerprint density at radius 1 is 0.809 bits per heavy atom. The maximum absolute atomic E-state index is 6.50. The number of rotatable bonds is 5. The second kappa shape index (κ2) is 12.0. The van der Waals surface area contributed by atoms with Gasteiger partial charge in [0.25, 0.3) is 0 Å². The van der Waals surface area contributed by atoms with Gasteiger partial charge in [-0.05, 0) is 65.5 Å². The summed E-state index contributed by atoms with van der Waals surface area (Å²) in [6, 6.07) is 37.8. The number of ether oxygens (including phenoxy) is 1.